The second-order valence-electron chi connectivity index (χ2n) is 7.56. The molecule has 0 spiro atoms. The van der Waals surface area contributed by atoms with Crippen molar-refractivity contribution in [2.45, 2.75) is 37.6 Å². The lowest BCUT2D eigenvalue weighted by molar-refractivity contribution is -0.137. The summed E-state index contributed by atoms with van der Waals surface area (Å²) in [5.74, 6) is 0.111. The molecule has 3 aliphatic rings. The van der Waals surface area contributed by atoms with Crippen LogP contribution in [0.3, 0.4) is 0 Å². The molecule has 0 unspecified atom stereocenters. The molecule has 0 N–H and O–H groups in total. The van der Waals surface area contributed by atoms with Crippen molar-refractivity contribution in [3.8, 4) is 0 Å². The summed E-state index contributed by atoms with van der Waals surface area (Å²) in [6.45, 7) is 5.30. The largest absolute Gasteiger partial charge is 0.379 e. The molecular formula is C20H27FN2O2. The van der Waals surface area contributed by atoms with Gasteiger partial charge in [0.15, 0.2) is 0 Å². The normalized spacial score (nSPS) is 30.3. The summed E-state index contributed by atoms with van der Waals surface area (Å²) in [5, 5.41) is 0. The first-order chi connectivity index (χ1) is 12.2. The summed E-state index contributed by atoms with van der Waals surface area (Å²) in [6.07, 6.45) is 4.16. The first kappa shape index (κ1) is 17.0. The van der Waals surface area contributed by atoms with E-state index in [0.717, 1.165) is 58.7 Å². The molecule has 2 aliphatic heterocycles. The summed E-state index contributed by atoms with van der Waals surface area (Å²) in [6, 6.07) is 7.20. The topological polar surface area (TPSA) is 32.8 Å². The van der Waals surface area contributed by atoms with Crippen LogP contribution in [0.4, 0.5) is 4.39 Å². The number of rotatable bonds is 4. The number of hydrogen-bond acceptors (Lipinski definition) is 3. The maximum atomic E-state index is 14.0. The zero-order valence-corrected chi connectivity index (χ0v) is 14.7. The lowest BCUT2D eigenvalue weighted by Crippen LogP contribution is -2.51. The van der Waals surface area contributed by atoms with Gasteiger partial charge in [0, 0.05) is 38.1 Å². The highest BCUT2D eigenvalue weighted by molar-refractivity contribution is 5.83. The minimum absolute atomic E-state index is 0.0258. The number of hydrogen-bond donors (Lipinski definition) is 0. The number of halogens is 1. The summed E-state index contributed by atoms with van der Waals surface area (Å²) in [4.78, 5) is 17.6. The lowest BCUT2D eigenvalue weighted by Gasteiger charge is -2.40. The standard InChI is InChI=1S/C20H27FN2O2/c21-19-7-2-1-6-16(19)17-13-18(17)20(24)23-8-4-3-5-15(23)14-22-9-11-25-12-10-22/h1-2,6-7,15,17-18H,3-5,8-14H2/t15-,17+,18-/m1/s1. The van der Waals surface area contributed by atoms with Gasteiger partial charge in [-0.1, -0.05) is 18.2 Å². The highest BCUT2D eigenvalue weighted by Crippen LogP contribution is 2.49. The molecule has 0 aromatic heterocycles. The second kappa shape index (κ2) is 7.42. The van der Waals surface area contributed by atoms with Crippen LogP contribution in [0.15, 0.2) is 24.3 Å². The second-order valence-corrected chi connectivity index (χ2v) is 7.56. The molecule has 4 nitrogen and oxygen atoms in total. The van der Waals surface area contributed by atoms with Crippen LogP contribution >= 0.6 is 0 Å². The first-order valence-electron chi connectivity index (χ1n) is 9.59. The Morgan fingerprint density at radius 3 is 2.76 bits per heavy atom. The monoisotopic (exact) mass is 346 g/mol. The Labute approximate surface area is 148 Å². The molecule has 3 fully saturated rings. The fraction of sp³-hybridized carbons (Fsp3) is 0.650. The van der Waals surface area contributed by atoms with Crippen molar-refractivity contribution < 1.29 is 13.9 Å². The number of carbonyl (C=O) groups is 1. The predicted molar refractivity (Wildman–Crippen MR) is 93.9 cm³/mol. The molecular weight excluding hydrogens is 319 g/mol. The van der Waals surface area contributed by atoms with Gasteiger partial charge in [-0.15, -0.1) is 0 Å². The quantitative estimate of drug-likeness (QED) is 0.840. The Morgan fingerprint density at radius 1 is 1.16 bits per heavy atom. The number of ether oxygens (including phenoxy) is 1. The number of morpholine rings is 1. The molecule has 5 heteroatoms. The van der Waals surface area contributed by atoms with Crippen molar-refractivity contribution in [2.24, 2.45) is 5.92 Å². The third-order valence-electron chi connectivity index (χ3n) is 5.90. The SMILES string of the molecule is O=C([C@@H]1C[C@H]1c1ccccc1F)N1CCCC[C@@H]1CN1CCOCC1. The zero-order chi connectivity index (χ0) is 17.2. The van der Waals surface area contributed by atoms with Crippen LogP contribution in [-0.2, 0) is 9.53 Å². The van der Waals surface area contributed by atoms with Gasteiger partial charge in [0.25, 0.3) is 0 Å². The highest BCUT2D eigenvalue weighted by Gasteiger charge is 2.48. The van der Waals surface area contributed by atoms with Crippen molar-refractivity contribution in [3.05, 3.63) is 35.6 Å². The van der Waals surface area contributed by atoms with Crippen LogP contribution in [-0.4, -0.2) is 61.1 Å². The molecule has 2 saturated heterocycles. The van der Waals surface area contributed by atoms with E-state index in [0.29, 0.717) is 11.6 Å². The van der Waals surface area contributed by atoms with E-state index in [4.69, 9.17) is 4.74 Å². The maximum Gasteiger partial charge on any atom is 0.226 e. The number of amides is 1. The average molecular weight is 346 g/mol. The van der Waals surface area contributed by atoms with E-state index >= 15 is 0 Å². The fourth-order valence-electron chi connectivity index (χ4n) is 4.36. The van der Waals surface area contributed by atoms with Crippen molar-refractivity contribution in [1.82, 2.24) is 9.80 Å². The van der Waals surface area contributed by atoms with Gasteiger partial charge in [-0.3, -0.25) is 9.69 Å². The molecule has 2 heterocycles. The molecule has 1 aromatic rings. The molecule has 4 rings (SSSR count). The van der Waals surface area contributed by atoms with E-state index in [2.05, 4.69) is 9.80 Å². The zero-order valence-electron chi connectivity index (χ0n) is 14.7. The van der Waals surface area contributed by atoms with Gasteiger partial charge in [-0.25, -0.2) is 4.39 Å². The average Bonchev–Trinajstić information content (AvgIpc) is 3.43. The summed E-state index contributed by atoms with van der Waals surface area (Å²) in [5.41, 5.74) is 0.711. The number of piperidine rings is 1. The minimum Gasteiger partial charge on any atom is -0.379 e. The fourth-order valence-corrected chi connectivity index (χ4v) is 4.36. The van der Waals surface area contributed by atoms with Gasteiger partial charge in [0.1, 0.15) is 5.82 Å². The van der Waals surface area contributed by atoms with E-state index in [1.54, 1.807) is 6.07 Å². The molecule has 3 atom stereocenters. The Hall–Kier alpha value is -1.46. The maximum absolute atomic E-state index is 14.0. The van der Waals surface area contributed by atoms with Crippen LogP contribution in [0, 0.1) is 11.7 Å². The van der Waals surface area contributed by atoms with E-state index in [-0.39, 0.29) is 23.6 Å². The van der Waals surface area contributed by atoms with Crippen molar-refractivity contribution in [1.29, 1.82) is 0 Å². The van der Waals surface area contributed by atoms with Gasteiger partial charge >= 0.3 is 0 Å². The number of carbonyl (C=O) groups excluding carboxylic acids is 1. The van der Waals surface area contributed by atoms with Gasteiger partial charge in [-0.05, 0) is 43.2 Å². The predicted octanol–water partition coefficient (Wildman–Crippen LogP) is 2.64. The van der Waals surface area contributed by atoms with Gasteiger partial charge in [0.05, 0.1) is 13.2 Å². The van der Waals surface area contributed by atoms with Gasteiger partial charge in [-0.2, -0.15) is 0 Å². The molecule has 25 heavy (non-hydrogen) atoms. The lowest BCUT2D eigenvalue weighted by atomic mass is 10.00. The third-order valence-corrected chi connectivity index (χ3v) is 5.90. The van der Waals surface area contributed by atoms with Crippen LogP contribution in [0.5, 0.6) is 0 Å². The number of likely N-dealkylation sites (tertiary alicyclic amines) is 1. The van der Waals surface area contributed by atoms with Crippen molar-refractivity contribution in [3.63, 3.8) is 0 Å². The minimum atomic E-state index is -0.175. The summed E-state index contributed by atoms with van der Waals surface area (Å²) >= 11 is 0. The van der Waals surface area contributed by atoms with Crippen LogP contribution in [0.2, 0.25) is 0 Å². The van der Waals surface area contributed by atoms with E-state index < -0.39 is 0 Å². The summed E-state index contributed by atoms with van der Waals surface area (Å²) < 4.78 is 19.4. The van der Waals surface area contributed by atoms with Crippen LogP contribution in [0.1, 0.15) is 37.2 Å². The van der Waals surface area contributed by atoms with E-state index in [1.165, 1.54) is 12.5 Å². The van der Waals surface area contributed by atoms with Crippen LogP contribution in [0.25, 0.3) is 0 Å². The van der Waals surface area contributed by atoms with Crippen molar-refractivity contribution >= 4 is 5.91 Å². The highest BCUT2D eigenvalue weighted by atomic mass is 19.1. The van der Waals surface area contributed by atoms with Crippen molar-refractivity contribution in [2.75, 3.05) is 39.4 Å². The molecule has 0 bridgehead atoms. The Balaban J connectivity index is 1.40. The Morgan fingerprint density at radius 2 is 1.96 bits per heavy atom. The van der Waals surface area contributed by atoms with Crippen LogP contribution < -0.4 is 0 Å². The van der Waals surface area contributed by atoms with Gasteiger partial charge in [0.2, 0.25) is 5.91 Å². The summed E-state index contributed by atoms with van der Waals surface area (Å²) in [7, 11) is 0. The smallest absolute Gasteiger partial charge is 0.226 e. The Kier molecular flexibility index (Phi) is 5.04. The number of benzene rings is 1. The molecule has 1 saturated carbocycles. The molecule has 1 aromatic carbocycles. The third kappa shape index (κ3) is 3.72. The molecule has 1 aliphatic carbocycles. The van der Waals surface area contributed by atoms with E-state index in [1.807, 2.05) is 12.1 Å². The van der Waals surface area contributed by atoms with Gasteiger partial charge < -0.3 is 9.64 Å². The number of nitrogens with zero attached hydrogens (tertiary/aromatic N) is 2. The molecule has 0 radical (unpaired) electrons. The molecule has 136 valence electrons. The Bertz CT molecular complexity index is 617. The first-order valence-corrected chi connectivity index (χ1v) is 9.59. The molecule has 1 amide bonds. The van der Waals surface area contributed by atoms with E-state index in [9.17, 15) is 9.18 Å².